The molecule has 2 aromatic carbocycles. The van der Waals surface area contributed by atoms with Crippen LogP contribution in [0.15, 0.2) is 53.4 Å². The molecule has 2 aliphatic heterocycles. The summed E-state index contributed by atoms with van der Waals surface area (Å²) in [4.78, 5) is 14.8. The van der Waals surface area contributed by atoms with Crippen molar-refractivity contribution in [1.82, 2.24) is 9.21 Å². The highest BCUT2D eigenvalue weighted by atomic mass is 32.2. The Balaban J connectivity index is 1.65. The molecule has 2 aromatic rings. The third-order valence-electron chi connectivity index (χ3n) is 5.78. The summed E-state index contributed by atoms with van der Waals surface area (Å²) in [7, 11) is -3.72. The van der Waals surface area contributed by atoms with E-state index in [4.69, 9.17) is 0 Å². The lowest BCUT2D eigenvalue weighted by Gasteiger charge is -2.44. The van der Waals surface area contributed by atoms with Gasteiger partial charge in [-0.05, 0) is 40.7 Å². The largest absolute Gasteiger partial charge is 0.333 e. The first-order chi connectivity index (χ1) is 13.2. The Morgan fingerprint density at radius 1 is 1.00 bits per heavy atom. The molecule has 6 heteroatoms. The van der Waals surface area contributed by atoms with Crippen LogP contribution in [0.2, 0.25) is 0 Å². The van der Waals surface area contributed by atoms with Crippen LogP contribution in [0, 0.1) is 0 Å². The highest BCUT2D eigenvalue weighted by Gasteiger charge is 2.41. The summed E-state index contributed by atoms with van der Waals surface area (Å²) >= 11 is 0. The summed E-state index contributed by atoms with van der Waals surface area (Å²) in [6.45, 7) is 7.13. The van der Waals surface area contributed by atoms with E-state index < -0.39 is 10.0 Å². The molecule has 1 saturated heterocycles. The monoisotopic (exact) mass is 398 g/mol. The number of amides is 1. The fraction of sp³-hybridized carbons (Fsp3) is 0.409. The first-order valence-corrected chi connectivity index (χ1v) is 11.1. The molecule has 4 rings (SSSR count). The summed E-state index contributed by atoms with van der Waals surface area (Å²) in [5.74, 6) is -0.124. The van der Waals surface area contributed by atoms with E-state index in [2.05, 4.69) is 26.8 Å². The molecule has 1 atom stereocenters. The normalized spacial score (nSPS) is 20.6. The van der Waals surface area contributed by atoms with E-state index in [9.17, 15) is 13.2 Å². The molecule has 0 aliphatic carbocycles. The zero-order valence-corrected chi connectivity index (χ0v) is 17.4. The van der Waals surface area contributed by atoms with E-state index in [1.54, 1.807) is 12.1 Å². The Morgan fingerprint density at radius 2 is 1.68 bits per heavy atom. The number of hydrogen-bond donors (Lipinski definition) is 0. The van der Waals surface area contributed by atoms with Gasteiger partial charge in [0.1, 0.15) is 0 Å². The maximum atomic E-state index is 13.2. The van der Waals surface area contributed by atoms with Crippen LogP contribution in [-0.4, -0.2) is 43.2 Å². The zero-order chi connectivity index (χ0) is 20.1. The van der Waals surface area contributed by atoms with Crippen molar-refractivity contribution < 1.29 is 13.2 Å². The highest BCUT2D eigenvalue weighted by molar-refractivity contribution is 7.89. The van der Waals surface area contributed by atoms with Crippen LogP contribution in [-0.2, 0) is 26.7 Å². The molecule has 0 N–H and O–H groups in total. The van der Waals surface area contributed by atoms with Gasteiger partial charge in [-0.3, -0.25) is 4.79 Å². The lowest BCUT2D eigenvalue weighted by Crippen LogP contribution is -2.55. The average Bonchev–Trinajstić information content (AvgIpc) is 2.67. The second-order valence-corrected chi connectivity index (χ2v) is 10.6. The van der Waals surface area contributed by atoms with E-state index in [0.29, 0.717) is 13.1 Å². The van der Waals surface area contributed by atoms with Crippen molar-refractivity contribution in [1.29, 1.82) is 0 Å². The standard InChI is InChI=1S/C22H26N2O3S/c1-22(2,3)17-8-10-18(11-9-17)28(26,27)23-14-20-19-7-5-4-6-16(19)12-13-24(20)21(25)15-23/h4-11,20H,12-15H2,1-3H3/t20-/m0/s1. The molecule has 1 fully saturated rings. The Kier molecular flexibility index (Phi) is 4.59. The topological polar surface area (TPSA) is 57.7 Å². The zero-order valence-electron chi connectivity index (χ0n) is 16.6. The van der Waals surface area contributed by atoms with E-state index in [1.807, 2.05) is 35.2 Å². The van der Waals surface area contributed by atoms with Crippen LogP contribution < -0.4 is 0 Å². The number of benzene rings is 2. The number of hydrogen-bond acceptors (Lipinski definition) is 3. The van der Waals surface area contributed by atoms with Gasteiger partial charge in [0, 0.05) is 13.1 Å². The van der Waals surface area contributed by atoms with E-state index >= 15 is 0 Å². The molecule has 0 bridgehead atoms. The lowest BCUT2D eigenvalue weighted by molar-refractivity contribution is -0.138. The minimum Gasteiger partial charge on any atom is -0.333 e. The van der Waals surface area contributed by atoms with Gasteiger partial charge in [-0.1, -0.05) is 57.2 Å². The molecule has 0 spiro atoms. The van der Waals surface area contributed by atoms with Crippen LogP contribution >= 0.6 is 0 Å². The van der Waals surface area contributed by atoms with Crippen molar-refractivity contribution in [2.24, 2.45) is 0 Å². The van der Waals surface area contributed by atoms with Crippen LogP contribution in [0.3, 0.4) is 0 Å². The minimum atomic E-state index is -3.72. The van der Waals surface area contributed by atoms with Gasteiger partial charge in [0.05, 0.1) is 17.5 Å². The number of sulfonamides is 1. The van der Waals surface area contributed by atoms with Gasteiger partial charge in [-0.15, -0.1) is 0 Å². The van der Waals surface area contributed by atoms with Gasteiger partial charge in [0.25, 0.3) is 0 Å². The maximum Gasteiger partial charge on any atom is 0.243 e. The molecule has 0 aromatic heterocycles. The van der Waals surface area contributed by atoms with Crippen LogP contribution in [0.1, 0.15) is 43.5 Å². The van der Waals surface area contributed by atoms with E-state index in [0.717, 1.165) is 17.5 Å². The quantitative estimate of drug-likeness (QED) is 0.781. The third-order valence-corrected chi connectivity index (χ3v) is 7.60. The fourth-order valence-corrected chi connectivity index (χ4v) is 5.50. The lowest BCUT2D eigenvalue weighted by atomic mass is 9.87. The minimum absolute atomic E-state index is 0.0459. The molecule has 2 aliphatic rings. The molecular weight excluding hydrogens is 372 g/mol. The SMILES string of the molecule is CC(C)(C)c1ccc(S(=O)(=O)N2CC(=O)N3CCc4ccccc4[C@@H]3C2)cc1. The predicted octanol–water partition coefficient (Wildman–Crippen LogP) is 3.11. The smallest absolute Gasteiger partial charge is 0.243 e. The summed E-state index contributed by atoms with van der Waals surface area (Å²) in [5, 5.41) is 0. The summed E-state index contributed by atoms with van der Waals surface area (Å²) < 4.78 is 27.8. The Morgan fingerprint density at radius 3 is 2.36 bits per heavy atom. The molecule has 5 nitrogen and oxygen atoms in total. The predicted molar refractivity (Wildman–Crippen MR) is 109 cm³/mol. The van der Waals surface area contributed by atoms with Crippen LogP contribution in [0.5, 0.6) is 0 Å². The Hall–Kier alpha value is -2.18. The van der Waals surface area contributed by atoms with Gasteiger partial charge in [-0.25, -0.2) is 8.42 Å². The van der Waals surface area contributed by atoms with Crippen LogP contribution in [0.25, 0.3) is 0 Å². The summed E-state index contributed by atoms with van der Waals surface area (Å²) in [5.41, 5.74) is 3.29. The molecule has 0 radical (unpaired) electrons. The molecule has 28 heavy (non-hydrogen) atoms. The molecule has 0 unspecified atom stereocenters. The fourth-order valence-electron chi connectivity index (χ4n) is 4.11. The summed E-state index contributed by atoms with van der Waals surface area (Å²) in [6.07, 6.45) is 0.819. The number of fused-ring (bicyclic) bond motifs is 3. The second-order valence-electron chi connectivity index (χ2n) is 8.62. The van der Waals surface area contributed by atoms with Crippen molar-refractivity contribution in [3.63, 3.8) is 0 Å². The Bertz CT molecular complexity index is 1010. The van der Waals surface area contributed by atoms with Crippen molar-refractivity contribution in [3.8, 4) is 0 Å². The molecule has 2 heterocycles. The first kappa shape index (κ1) is 19.2. The summed E-state index contributed by atoms with van der Waals surface area (Å²) in [6, 6.07) is 14.8. The molecule has 0 saturated carbocycles. The number of carbonyl (C=O) groups excluding carboxylic acids is 1. The second kappa shape index (κ2) is 6.71. The number of piperazine rings is 1. The average molecular weight is 399 g/mol. The van der Waals surface area contributed by atoms with Crippen molar-refractivity contribution in [2.75, 3.05) is 19.6 Å². The van der Waals surface area contributed by atoms with Crippen molar-refractivity contribution >= 4 is 15.9 Å². The van der Waals surface area contributed by atoms with Crippen molar-refractivity contribution in [2.45, 2.75) is 43.5 Å². The van der Waals surface area contributed by atoms with E-state index in [1.165, 1.54) is 9.87 Å². The molecule has 148 valence electrons. The number of rotatable bonds is 2. The first-order valence-electron chi connectivity index (χ1n) is 9.66. The molecular formula is C22H26N2O3S. The van der Waals surface area contributed by atoms with Gasteiger partial charge < -0.3 is 4.90 Å². The maximum absolute atomic E-state index is 13.2. The Labute approximate surface area is 167 Å². The van der Waals surface area contributed by atoms with Gasteiger partial charge in [-0.2, -0.15) is 4.31 Å². The highest BCUT2D eigenvalue weighted by Crippen LogP contribution is 2.35. The van der Waals surface area contributed by atoms with Gasteiger partial charge in [0.2, 0.25) is 15.9 Å². The van der Waals surface area contributed by atoms with Crippen molar-refractivity contribution in [3.05, 3.63) is 65.2 Å². The third kappa shape index (κ3) is 3.25. The van der Waals surface area contributed by atoms with E-state index in [-0.39, 0.29) is 28.8 Å². The number of nitrogens with zero attached hydrogens (tertiary/aromatic N) is 2. The molecule has 1 amide bonds. The van der Waals surface area contributed by atoms with Gasteiger partial charge >= 0.3 is 0 Å². The van der Waals surface area contributed by atoms with Gasteiger partial charge in [0.15, 0.2) is 0 Å². The number of carbonyl (C=O) groups is 1. The van der Waals surface area contributed by atoms with Crippen LogP contribution in [0.4, 0.5) is 0 Å².